The van der Waals surface area contributed by atoms with Gasteiger partial charge in [-0.2, -0.15) is 0 Å². The highest BCUT2D eigenvalue weighted by molar-refractivity contribution is 5.93. The molecule has 2 aliphatic heterocycles. The molecule has 0 bridgehead atoms. The summed E-state index contributed by atoms with van der Waals surface area (Å²) in [5.74, 6) is 0.759. The van der Waals surface area contributed by atoms with Gasteiger partial charge in [0.15, 0.2) is 5.69 Å². The second-order valence-electron chi connectivity index (χ2n) is 8.21. The van der Waals surface area contributed by atoms with E-state index in [9.17, 15) is 4.79 Å². The quantitative estimate of drug-likeness (QED) is 0.865. The van der Waals surface area contributed by atoms with Crippen LogP contribution in [0.15, 0.2) is 30.3 Å². The number of piperidine rings is 2. The van der Waals surface area contributed by atoms with Gasteiger partial charge in [-0.1, -0.05) is 35.5 Å². The Hall–Kier alpha value is -2.21. The van der Waals surface area contributed by atoms with E-state index >= 15 is 0 Å². The molecular formula is C22H31N5O. The number of hydrogen-bond donors (Lipinski definition) is 1. The molecule has 6 heteroatoms. The number of carbonyl (C=O) groups is 1. The van der Waals surface area contributed by atoms with Crippen LogP contribution in [0.5, 0.6) is 0 Å². The summed E-state index contributed by atoms with van der Waals surface area (Å²) in [6.07, 6.45) is 6.59. The van der Waals surface area contributed by atoms with Crippen molar-refractivity contribution in [2.24, 2.45) is 5.92 Å². The summed E-state index contributed by atoms with van der Waals surface area (Å²) < 4.78 is 1.97. The molecule has 2 fully saturated rings. The van der Waals surface area contributed by atoms with Gasteiger partial charge in [-0.15, -0.1) is 5.10 Å². The van der Waals surface area contributed by atoms with Gasteiger partial charge in [-0.25, -0.2) is 4.68 Å². The fourth-order valence-corrected chi connectivity index (χ4v) is 4.53. The van der Waals surface area contributed by atoms with Crippen LogP contribution < -0.4 is 5.32 Å². The first-order chi connectivity index (χ1) is 13.7. The third-order valence-corrected chi connectivity index (χ3v) is 6.37. The van der Waals surface area contributed by atoms with Gasteiger partial charge < -0.3 is 10.2 Å². The second-order valence-corrected chi connectivity index (χ2v) is 8.21. The zero-order chi connectivity index (χ0) is 19.3. The van der Waals surface area contributed by atoms with Crippen LogP contribution in [0.3, 0.4) is 0 Å². The van der Waals surface area contributed by atoms with Gasteiger partial charge in [0.2, 0.25) is 0 Å². The molecule has 0 saturated carbocycles. The molecule has 0 atom stereocenters. The molecule has 28 heavy (non-hydrogen) atoms. The van der Waals surface area contributed by atoms with Crippen molar-refractivity contribution >= 4 is 5.91 Å². The summed E-state index contributed by atoms with van der Waals surface area (Å²) in [7, 11) is 0. The predicted octanol–water partition coefficient (Wildman–Crippen LogP) is 3.00. The maximum absolute atomic E-state index is 13.0. The molecule has 1 amide bonds. The molecule has 4 rings (SSSR count). The topological polar surface area (TPSA) is 63.1 Å². The Kier molecular flexibility index (Phi) is 6.05. The fraction of sp³-hybridized carbons (Fsp3) is 0.591. The molecule has 2 aromatic rings. The molecule has 6 nitrogen and oxygen atoms in total. The molecule has 0 unspecified atom stereocenters. The van der Waals surface area contributed by atoms with Crippen LogP contribution in [-0.4, -0.2) is 52.0 Å². The Labute approximate surface area is 167 Å². The minimum atomic E-state index is 0.0548. The predicted molar refractivity (Wildman–Crippen MR) is 109 cm³/mol. The molecule has 150 valence electrons. The maximum atomic E-state index is 13.0. The fourth-order valence-electron chi connectivity index (χ4n) is 4.53. The standard InChI is InChI=1S/C22H31N5O/c1-17-21(24-25-27(17)20-9-13-23-14-10-20)22(28)26-15-11-19(12-16-26)8-7-18-5-3-2-4-6-18/h2-6,19-20,23H,7-16H2,1H3. The average Bonchev–Trinajstić information content (AvgIpc) is 3.15. The highest BCUT2D eigenvalue weighted by Gasteiger charge is 2.28. The first-order valence-corrected chi connectivity index (χ1v) is 10.7. The largest absolute Gasteiger partial charge is 0.337 e. The van der Waals surface area contributed by atoms with Gasteiger partial charge in [-0.3, -0.25) is 4.79 Å². The number of hydrogen-bond acceptors (Lipinski definition) is 4. The van der Waals surface area contributed by atoms with Crippen LogP contribution in [0, 0.1) is 12.8 Å². The summed E-state index contributed by atoms with van der Waals surface area (Å²) in [6.45, 7) is 5.66. The van der Waals surface area contributed by atoms with Crippen molar-refractivity contribution in [3.63, 3.8) is 0 Å². The van der Waals surface area contributed by atoms with Crippen LogP contribution in [0.1, 0.15) is 59.9 Å². The number of nitrogens with one attached hydrogen (secondary N) is 1. The highest BCUT2D eigenvalue weighted by atomic mass is 16.2. The van der Waals surface area contributed by atoms with Gasteiger partial charge >= 0.3 is 0 Å². The molecule has 1 aromatic carbocycles. The van der Waals surface area contributed by atoms with Crippen molar-refractivity contribution in [2.75, 3.05) is 26.2 Å². The van der Waals surface area contributed by atoms with Gasteiger partial charge in [0.05, 0.1) is 11.7 Å². The lowest BCUT2D eigenvalue weighted by molar-refractivity contribution is 0.0680. The van der Waals surface area contributed by atoms with Crippen LogP contribution in [0.4, 0.5) is 0 Å². The van der Waals surface area contributed by atoms with E-state index in [0.29, 0.717) is 17.7 Å². The molecule has 0 radical (unpaired) electrons. The highest BCUT2D eigenvalue weighted by Crippen LogP contribution is 2.25. The third kappa shape index (κ3) is 4.27. The molecule has 0 spiro atoms. The van der Waals surface area contributed by atoms with Crippen LogP contribution >= 0.6 is 0 Å². The first-order valence-electron chi connectivity index (χ1n) is 10.7. The zero-order valence-corrected chi connectivity index (χ0v) is 16.8. The molecule has 2 saturated heterocycles. The minimum Gasteiger partial charge on any atom is -0.337 e. The average molecular weight is 382 g/mol. The first kappa shape index (κ1) is 19.1. The smallest absolute Gasteiger partial charge is 0.276 e. The van der Waals surface area contributed by atoms with Crippen LogP contribution in [0.25, 0.3) is 0 Å². The molecule has 1 aromatic heterocycles. The van der Waals surface area contributed by atoms with E-state index in [-0.39, 0.29) is 5.91 Å². The number of likely N-dealkylation sites (tertiary alicyclic amines) is 1. The number of amides is 1. The monoisotopic (exact) mass is 381 g/mol. The zero-order valence-electron chi connectivity index (χ0n) is 16.8. The summed E-state index contributed by atoms with van der Waals surface area (Å²) in [5.41, 5.74) is 2.87. The summed E-state index contributed by atoms with van der Waals surface area (Å²) in [6, 6.07) is 11.0. The van der Waals surface area contributed by atoms with Crippen molar-refractivity contribution in [3.05, 3.63) is 47.3 Å². The minimum absolute atomic E-state index is 0.0548. The Bertz CT molecular complexity index is 773. The summed E-state index contributed by atoms with van der Waals surface area (Å²) >= 11 is 0. The molecule has 2 aliphatic rings. The van der Waals surface area contributed by atoms with Crippen LogP contribution in [-0.2, 0) is 6.42 Å². The molecule has 3 heterocycles. The van der Waals surface area contributed by atoms with Crippen molar-refractivity contribution in [1.29, 1.82) is 0 Å². The van der Waals surface area contributed by atoms with E-state index in [0.717, 1.165) is 64.0 Å². The third-order valence-electron chi connectivity index (χ3n) is 6.37. The Morgan fingerprint density at radius 3 is 2.54 bits per heavy atom. The lowest BCUT2D eigenvalue weighted by atomic mass is 9.90. The van der Waals surface area contributed by atoms with Crippen molar-refractivity contribution in [3.8, 4) is 0 Å². The lowest BCUT2D eigenvalue weighted by Crippen LogP contribution is -2.39. The van der Waals surface area contributed by atoms with E-state index in [2.05, 4.69) is 46.0 Å². The Morgan fingerprint density at radius 2 is 1.82 bits per heavy atom. The molecule has 1 N–H and O–H groups in total. The van der Waals surface area contributed by atoms with Gasteiger partial charge in [0.1, 0.15) is 0 Å². The van der Waals surface area contributed by atoms with Crippen molar-refractivity contribution in [1.82, 2.24) is 25.2 Å². The van der Waals surface area contributed by atoms with Gasteiger partial charge in [0, 0.05) is 13.1 Å². The van der Waals surface area contributed by atoms with Crippen molar-refractivity contribution < 1.29 is 4.79 Å². The van der Waals surface area contributed by atoms with Crippen molar-refractivity contribution in [2.45, 2.75) is 51.5 Å². The van der Waals surface area contributed by atoms with Gasteiger partial charge in [-0.05, 0) is 70.0 Å². The number of aryl methyl sites for hydroxylation is 1. The van der Waals surface area contributed by atoms with E-state index in [1.54, 1.807) is 0 Å². The normalized spacial score (nSPS) is 19.1. The number of aromatic nitrogens is 3. The van der Waals surface area contributed by atoms with E-state index in [1.165, 1.54) is 12.0 Å². The number of benzene rings is 1. The SMILES string of the molecule is Cc1c(C(=O)N2CCC(CCc3ccccc3)CC2)nnn1C1CCNCC1. The van der Waals surface area contributed by atoms with E-state index in [1.807, 2.05) is 16.5 Å². The molecular weight excluding hydrogens is 350 g/mol. The second kappa shape index (κ2) is 8.86. The lowest BCUT2D eigenvalue weighted by Gasteiger charge is -2.31. The number of nitrogens with zero attached hydrogens (tertiary/aromatic N) is 4. The summed E-state index contributed by atoms with van der Waals surface area (Å²) in [5, 5.41) is 12.0. The van der Waals surface area contributed by atoms with Gasteiger partial charge in [0.25, 0.3) is 5.91 Å². The maximum Gasteiger partial charge on any atom is 0.276 e. The van der Waals surface area contributed by atoms with Crippen LogP contribution in [0.2, 0.25) is 0 Å². The number of carbonyl (C=O) groups excluding carboxylic acids is 1. The summed E-state index contributed by atoms with van der Waals surface area (Å²) in [4.78, 5) is 15.0. The Balaban J connectivity index is 1.31. The number of rotatable bonds is 5. The van der Waals surface area contributed by atoms with E-state index in [4.69, 9.17) is 0 Å². The molecule has 0 aliphatic carbocycles. The Morgan fingerprint density at radius 1 is 1.11 bits per heavy atom. The van der Waals surface area contributed by atoms with E-state index < -0.39 is 0 Å².